The van der Waals surface area contributed by atoms with Gasteiger partial charge in [-0.05, 0) is 61.3 Å². The van der Waals surface area contributed by atoms with Crippen molar-refractivity contribution < 1.29 is 19.1 Å². The Morgan fingerprint density at radius 1 is 1.08 bits per heavy atom. The van der Waals surface area contributed by atoms with Gasteiger partial charge in [-0.15, -0.1) is 16.4 Å². The lowest BCUT2D eigenvalue weighted by atomic mass is 9.83. The number of ketones is 1. The molecule has 1 aromatic heterocycles. The third-order valence-corrected chi connectivity index (χ3v) is 11.1. The zero-order chi connectivity index (χ0) is 36.8. The van der Waals surface area contributed by atoms with Crippen LogP contribution in [0.5, 0.6) is 0 Å². The number of hydrogen-bond donors (Lipinski definition) is 2. The number of aromatic nitrogens is 1. The van der Waals surface area contributed by atoms with Crippen molar-refractivity contribution in [3.05, 3.63) is 52.0 Å². The molecule has 11 nitrogen and oxygen atoms in total. The lowest BCUT2D eigenvalue weighted by molar-refractivity contribution is -0.144. The molecule has 1 fully saturated rings. The van der Waals surface area contributed by atoms with E-state index in [9.17, 15) is 14.4 Å². The van der Waals surface area contributed by atoms with Gasteiger partial charge in [0, 0.05) is 43.3 Å². The first-order valence-electron chi connectivity index (χ1n) is 19.1. The zero-order valence-corrected chi connectivity index (χ0v) is 32.3. The standard InChI is InChI=1S/C39H59N7O4S/c1-7-19-46(39(49)29(27(6)9-3)22-35(47)30-17-13-14-18-40-30)34(26(4)5)23-36(50-20-8-2)38-43-33(25-51-38)37(48)42-31(32-24-41-45-44-32)21-28-15-11-10-12-16-28/h10-12,15-16,25-27,29-31,34,36,40H,7-9,13-14,17-24H2,1-6H3,(H,42,48)/t27-,29-,30+,31-,34+,36+/m0/s1. The van der Waals surface area contributed by atoms with Crippen molar-refractivity contribution in [2.75, 3.05) is 26.2 Å². The molecule has 0 saturated carbocycles. The van der Waals surface area contributed by atoms with E-state index in [2.05, 4.69) is 67.6 Å². The number of nitrogens with zero attached hydrogens (tertiary/aromatic N) is 5. The molecule has 12 heteroatoms. The minimum Gasteiger partial charge on any atom is -0.371 e. The van der Waals surface area contributed by atoms with Gasteiger partial charge in [-0.1, -0.05) is 84.7 Å². The summed E-state index contributed by atoms with van der Waals surface area (Å²) in [6, 6.07) is 9.28. The van der Waals surface area contributed by atoms with E-state index in [1.54, 1.807) is 5.38 Å². The van der Waals surface area contributed by atoms with Gasteiger partial charge in [-0.3, -0.25) is 14.4 Å². The molecule has 51 heavy (non-hydrogen) atoms. The Bertz CT molecular complexity index is 1460. The number of Topliss-reactive ketones (excluding diaryl/α,β-unsaturated/α-hetero) is 1. The van der Waals surface area contributed by atoms with Gasteiger partial charge in [0.15, 0.2) is 5.78 Å². The number of thiazole rings is 1. The summed E-state index contributed by atoms with van der Waals surface area (Å²) >= 11 is 1.41. The SMILES string of the molecule is CCCO[C@H](C[C@H](C(C)C)N(CCC)C(=O)[C@@H](CC(=O)[C@H]1CCCCN1)[C@@H](C)CC)c1nc(C(=O)N[C@@H](Cc2ccccc2)C2=NN=NC2)cs1. The van der Waals surface area contributed by atoms with Crippen LogP contribution in [-0.4, -0.2) is 77.6 Å². The van der Waals surface area contributed by atoms with Gasteiger partial charge in [0.05, 0.1) is 17.8 Å². The van der Waals surface area contributed by atoms with Crippen LogP contribution in [0.25, 0.3) is 0 Å². The van der Waals surface area contributed by atoms with E-state index in [0.29, 0.717) is 49.0 Å². The summed E-state index contributed by atoms with van der Waals surface area (Å²) in [5, 5.41) is 21.0. The predicted molar refractivity (Wildman–Crippen MR) is 203 cm³/mol. The Balaban J connectivity index is 1.54. The van der Waals surface area contributed by atoms with Crippen molar-refractivity contribution in [1.29, 1.82) is 0 Å². The summed E-state index contributed by atoms with van der Waals surface area (Å²) in [4.78, 5) is 48.5. The molecule has 4 rings (SSSR count). The highest BCUT2D eigenvalue weighted by Crippen LogP contribution is 2.33. The normalized spacial score (nSPS) is 18.9. The van der Waals surface area contributed by atoms with Gasteiger partial charge in [0.1, 0.15) is 23.4 Å². The van der Waals surface area contributed by atoms with Crippen molar-refractivity contribution in [2.24, 2.45) is 33.2 Å². The summed E-state index contributed by atoms with van der Waals surface area (Å²) in [7, 11) is 0. The van der Waals surface area contributed by atoms with E-state index in [-0.39, 0.29) is 59.9 Å². The molecule has 3 heterocycles. The quantitative estimate of drug-likeness (QED) is 0.140. The number of hydrogen-bond acceptors (Lipinski definition) is 10. The Morgan fingerprint density at radius 3 is 2.49 bits per heavy atom. The zero-order valence-electron chi connectivity index (χ0n) is 31.5. The van der Waals surface area contributed by atoms with Crippen LogP contribution in [0.3, 0.4) is 0 Å². The van der Waals surface area contributed by atoms with Crippen molar-refractivity contribution in [3.63, 3.8) is 0 Å². The van der Waals surface area contributed by atoms with Crippen molar-refractivity contribution in [1.82, 2.24) is 20.5 Å². The summed E-state index contributed by atoms with van der Waals surface area (Å²) in [5.41, 5.74) is 2.10. The molecule has 0 aliphatic carbocycles. The molecule has 2 aromatic rings. The second kappa shape index (κ2) is 20.6. The number of carbonyl (C=O) groups excluding carboxylic acids is 3. The van der Waals surface area contributed by atoms with E-state index in [1.165, 1.54) is 11.3 Å². The highest BCUT2D eigenvalue weighted by Gasteiger charge is 2.38. The molecular weight excluding hydrogens is 663 g/mol. The highest BCUT2D eigenvalue weighted by atomic mass is 32.1. The van der Waals surface area contributed by atoms with Crippen LogP contribution in [0.4, 0.5) is 0 Å². The lowest BCUT2D eigenvalue weighted by Gasteiger charge is -2.39. The van der Waals surface area contributed by atoms with Crippen LogP contribution in [0.1, 0.15) is 120 Å². The molecule has 2 amide bonds. The lowest BCUT2D eigenvalue weighted by Crippen LogP contribution is -2.50. The summed E-state index contributed by atoms with van der Waals surface area (Å²) in [6.45, 7) is 15.0. The number of carbonyl (C=O) groups is 3. The number of ether oxygens (including phenoxy) is 1. The maximum atomic E-state index is 14.6. The molecular formula is C39H59N7O4S. The van der Waals surface area contributed by atoms with Crippen LogP contribution in [0.15, 0.2) is 51.2 Å². The first kappa shape index (κ1) is 40.4. The molecule has 1 aromatic carbocycles. The van der Waals surface area contributed by atoms with Gasteiger partial charge in [0.2, 0.25) is 5.91 Å². The Labute approximate surface area is 308 Å². The topological polar surface area (TPSA) is 138 Å². The fourth-order valence-electron chi connectivity index (χ4n) is 6.95. The molecule has 0 radical (unpaired) electrons. The molecule has 0 spiro atoms. The van der Waals surface area contributed by atoms with Crippen LogP contribution in [0, 0.1) is 17.8 Å². The Hall–Kier alpha value is -3.35. The maximum Gasteiger partial charge on any atom is 0.271 e. The smallest absolute Gasteiger partial charge is 0.271 e. The summed E-state index contributed by atoms with van der Waals surface area (Å²) in [6.07, 6.45) is 6.38. The van der Waals surface area contributed by atoms with E-state index in [4.69, 9.17) is 9.72 Å². The Kier molecular flexibility index (Phi) is 16.3. The van der Waals surface area contributed by atoms with Gasteiger partial charge < -0.3 is 20.3 Å². The van der Waals surface area contributed by atoms with Crippen molar-refractivity contribution in [3.8, 4) is 0 Å². The average molecular weight is 722 g/mol. The van der Waals surface area contributed by atoms with Crippen LogP contribution in [-0.2, 0) is 20.7 Å². The predicted octanol–water partition coefficient (Wildman–Crippen LogP) is 7.19. The molecule has 6 atom stereocenters. The van der Waals surface area contributed by atoms with E-state index in [1.807, 2.05) is 35.2 Å². The third-order valence-electron chi connectivity index (χ3n) is 10.2. The molecule has 280 valence electrons. The largest absolute Gasteiger partial charge is 0.371 e. The number of nitrogens with one attached hydrogen (secondary N) is 2. The number of piperidine rings is 1. The second-order valence-electron chi connectivity index (χ2n) is 14.4. The Morgan fingerprint density at radius 2 is 1.86 bits per heavy atom. The van der Waals surface area contributed by atoms with E-state index >= 15 is 0 Å². The molecule has 1 saturated heterocycles. The van der Waals surface area contributed by atoms with Gasteiger partial charge in [-0.2, -0.15) is 5.11 Å². The van der Waals surface area contributed by atoms with Gasteiger partial charge in [-0.25, -0.2) is 4.98 Å². The van der Waals surface area contributed by atoms with E-state index in [0.717, 1.165) is 50.6 Å². The van der Waals surface area contributed by atoms with E-state index < -0.39 is 6.10 Å². The summed E-state index contributed by atoms with van der Waals surface area (Å²) < 4.78 is 6.45. The fourth-order valence-corrected chi connectivity index (χ4v) is 7.81. The monoisotopic (exact) mass is 721 g/mol. The average Bonchev–Trinajstić information content (AvgIpc) is 3.87. The molecule has 2 N–H and O–H groups in total. The number of amides is 2. The first-order valence-corrected chi connectivity index (χ1v) is 20.0. The second-order valence-corrected chi connectivity index (χ2v) is 15.3. The molecule has 2 aliphatic heterocycles. The first-order chi connectivity index (χ1) is 24.7. The summed E-state index contributed by atoms with van der Waals surface area (Å²) in [5.74, 6) is -0.255. The van der Waals surface area contributed by atoms with Crippen LogP contribution < -0.4 is 10.6 Å². The molecule has 2 aliphatic rings. The van der Waals surface area contributed by atoms with Crippen LogP contribution >= 0.6 is 11.3 Å². The number of benzene rings is 1. The van der Waals surface area contributed by atoms with Crippen molar-refractivity contribution in [2.45, 2.75) is 124 Å². The third kappa shape index (κ3) is 11.6. The van der Waals surface area contributed by atoms with Gasteiger partial charge >= 0.3 is 0 Å². The minimum absolute atomic E-state index is 0.0558. The minimum atomic E-state index is -0.400. The van der Waals surface area contributed by atoms with Crippen molar-refractivity contribution >= 4 is 34.6 Å². The molecule has 0 bridgehead atoms. The molecule has 0 unspecified atom stereocenters. The van der Waals surface area contributed by atoms with Crippen LogP contribution in [0.2, 0.25) is 0 Å². The number of rotatable bonds is 21. The van der Waals surface area contributed by atoms with Gasteiger partial charge in [0.25, 0.3) is 5.91 Å². The maximum absolute atomic E-state index is 14.6. The highest BCUT2D eigenvalue weighted by molar-refractivity contribution is 7.09. The fraction of sp³-hybridized carbons (Fsp3) is 0.667.